The van der Waals surface area contributed by atoms with E-state index >= 15 is 0 Å². The number of H-pyrrole nitrogens is 1. The number of halogens is 4. The summed E-state index contributed by atoms with van der Waals surface area (Å²) in [5, 5.41) is 19.4. The monoisotopic (exact) mass is 362 g/mol. The molecule has 4 nitrogen and oxygen atoms in total. The number of benzene rings is 2. The van der Waals surface area contributed by atoms with Gasteiger partial charge in [0.15, 0.2) is 5.69 Å². The molecule has 25 heavy (non-hydrogen) atoms. The second-order valence-electron chi connectivity index (χ2n) is 5.37. The molecule has 1 aromatic heterocycles. The molecule has 126 valence electrons. The summed E-state index contributed by atoms with van der Waals surface area (Å²) < 4.78 is 37.9. The van der Waals surface area contributed by atoms with Gasteiger partial charge in [-0.05, 0) is 47.9 Å². The highest BCUT2D eigenvalue weighted by molar-refractivity contribution is 6.31. The maximum atomic E-state index is 12.6. The zero-order valence-electron chi connectivity index (χ0n) is 12.6. The first kappa shape index (κ1) is 17.0. The van der Waals surface area contributed by atoms with Gasteiger partial charge in [-0.2, -0.15) is 18.4 Å². The molecule has 0 radical (unpaired) electrons. The summed E-state index contributed by atoms with van der Waals surface area (Å²) in [6.45, 7) is 0. The van der Waals surface area contributed by atoms with Crippen LogP contribution in [0.25, 0.3) is 11.3 Å². The third-order valence-corrected chi connectivity index (χ3v) is 3.80. The molecule has 1 heterocycles. The highest BCUT2D eigenvalue weighted by Gasteiger charge is 2.29. The second-order valence-corrected chi connectivity index (χ2v) is 5.80. The standard InChI is InChI=1S/C17H10ClF3N4/c18-14-7-11(5-10-1-3-13(4-2-10)17(19,20)21)6-12(8-14)16-15(9-22)23-25-24-16/h1-4,6-8H,5H2,(H,23,24,25). The summed E-state index contributed by atoms with van der Waals surface area (Å²) in [6.07, 6.45) is -3.96. The predicted molar refractivity (Wildman–Crippen MR) is 85.8 cm³/mol. The predicted octanol–water partition coefficient (Wildman–Crippen LogP) is 4.61. The first-order valence-electron chi connectivity index (χ1n) is 7.14. The molecule has 2 aromatic carbocycles. The van der Waals surface area contributed by atoms with E-state index in [1.807, 2.05) is 6.07 Å². The van der Waals surface area contributed by atoms with E-state index in [9.17, 15) is 13.2 Å². The molecular weight excluding hydrogens is 353 g/mol. The van der Waals surface area contributed by atoms with Gasteiger partial charge in [0.25, 0.3) is 0 Å². The Bertz CT molecular complexity index is 940. The number of nitriles is 1. The zero-order valence-corrected chi connectivity index (χ0v) is 13.4. The Kier molecular flexibility index (Phi) is 4.47. The summed E-state index contributed by atoms with van der Waals surface area (Å²) >= 11 is 6.12. The fraction of sp³-hybridized carbons (Fsp3) is 0.118. The Balaban J connectivity index is 1.90. The van der Waals surface area contributed by atoms with E-state index in [-0.39, 0.29) is 5.69 Å². The van der Waals surface area contributed by atoms with Crippen LogP contribution in [-0.4, -0.2) is 15.4 Å². The molecule has 0 aliphatic rings. The lowest BCUT2D eigenvalue weighted by Crippen LogP contribution is -2.04. The van der Waals surface area contributed by atoms with Crippen molar-refractivity contribution < 1.29 is 13.2 Å². The smallest absolute Gasteiger partial charge is 0.247 e. The van der Waals surface area contributed by atoms with E-state index in [0.717, 1.165) is 17.7 Å². The molecule has 3 aromatic rings. The van der Waals surface area contributed by atoms with Crippen LogP contribution in [0.1, 0.15) is 22.4 Å². The minimum atomic E-state index is -4.36. The van der Waals surface area contributed by atoms with Crippen molar-refractivity contribution >= 4 is 11.6 Å². The molecule has 0 fully saturated rings. The van der Waals surface area contributed by atoms with Gasteiger partial charge in [-0.25, -0.2) is 5.10 Å². The summed E-state index contributed by atoms with van der Waals surface area (Å²) in [5.74, 6) is 0. The number of alkyl halides is 3. The first-order chi connectivity index (χ1) is 11.9. The van der Waals surface area contributed by atoms with Crippen molar-refractivity contribution in [3.63, 3.8) is 0 Å². The average Bonchev–Trinajstić information content (AvgIpc) is 3.02. The maximum Gasteiger partial charge on any atom is 0.416 e. The minimum Gasteiger partial charge on any atom is -0.247 e. The molecule has 8 heteroatoms. The number of hydrogen-bond acceptors (Lipinski definition) is 3. The summed E-state index contributed by atoms with van der Waals surface area (Å²) in [7, 11) is 0. The SMILES string of the molecule is N#Cc1[nH]nnc1-c1cc(Cl)cc(Cc2ccc(C(F)(F)F)cc2)c1. The highest BCUT2D eigenvalue weighted by atomic mass is 35.5. The molecule has 3 rings (SSSR count). The van der Waals surface area contributed by atoms with Gasteiger partial charge in [-0.3, -0.25) is 0 Å². The van der Waals surface area contributed by atoms with Gasteiger partial charge in [0.2, 0.25) is 0 Å². The van der Waals surface area contributed by atoms with E-state index in [0.29, 0.717) is 28.3 Å². The molecule has 1 N–H and O–H groups in total. The summed E-state index contributed by atoms with van der Waals surface area (Å²) in [6, 6.07) is 12.1. The van der Waals surface area contributed by atoms with E-state index < -0.39 is 11.7 Å². The number of nitrogens with one attached hydrogen (secondary N) is 1. The van der Waals surface area contributed by atoms with Crippen molar-refractivity contribution in [2.75, 3.05) is 0 Å². The molecule has 0 unspecified atom stereocenters. The third kappa shape index (κ3) is 3.80. The third-order valence-electron chi connectivity index (χ3n) is 3.58. The molecule has 0 aliphatic heterocycles. The Hall–Kier alpha value is -2.85. The van der Waals surface area contributed by atoms with Crippen LogP contribution in [0.2, 0.25) is 5.02 Å². The maximum absolute atomic E-state index is 12.6. The lowest BCUT2D eigenvalue weighted by atomic mass is 10.00. The fourth-order valence-electron chi connectivity index (χ4n) is 2.44. The minimum absolute atomic E-state index is 0.211. The quantitative estimate of drug-likeness (QED) is 0.740. The summed E-state index contributed by atoms with van der Waals surface area (Å²) in [4.78, 5) is 0. The van der Waals surface area contributed by atoms with Crippen molar-refractivity contribution in [1.29, 1.82) is 5.26 Å². The lowest BCUT2D eigenvalue weighted by Gasteiger charge is -2.09. The van der Waals surface area contributed by atoms with Gasteiger partial charge in [0.05, 0.1) is 5.56 Å². The van der Waals surface area contributed by atoms with Gasteiger partial charge in [-0.15, -0.1) is 5.10 Å². The van der Waals surface area contributed by atoms with Crippen LogP contribution in [0.5, 0.6) is 0 Å². The number of hydrogen-bond donors (Lipinski definition) is 1. The molecule has 0 atom stereocenters. The Morgan fingerprint density at radius 1 is 1.08 bits per heavy atom. The van der Waals surface area contributed by atoms with Crippen LogP contribution >= 0.6 is 11.6 Å². The summed E-state index contributed by atoms with van der Waals surface area (Å²) in [5.41, 5.74) is 2.00. The number of aromatic amines is 1. The van der Waals surface area contributed by atoms with Gasteiger partial charge in [0.1, 0.15) is 11.8 Å². The topological polar surface area (TPSA) is 65.4 Å². The Morgan fingerprint density at radius 2 is 1.80 bits per heavy atom. The van der Waals surface area contributed by atoms with E-state index in [1.54, 1.807) is 18.2 Å². The van der Waals surface area contributed by atoms with E-state index in [2.05, 4.69) is 15.4 Å². The molecular formula is C17H10ClF3N4. The van der Waals surface area contributed by atoms with Crippen LogP contribution in [-0.2, 0) is 12.6 Å². The van der Waals surface area contributed by atoms with Crippen LogP contribution in [0, 0.1) is 11.3 Å². The van der Waals surface area contributed by atoms with Gasteiger partial charge in [0, 0.05) is 10.6 Å². The average molecular weight is 363 g/mol. The number of aromatic nitrogens is 3. The Labute approximate surface area is 145 Å². The van der Waals surface area contributed by atoms with E-state index in [1.165, 1.54) is 12.1 Å². The van der Waals surface area contributed by atoms with Gasteiger partial charge in [-0.1, -0.05) is 28.9 Å². The van der Waals surface area contributed by atoms with Crippen molar-refractivity contribution in [2.24, 2.45) is 0 Å². The van der Waals surface area contributed by atoms with Crippen molar-refractivity contribution in [1.82, 2.24) is 15.4 Å². The van der Waals surface area contributed by atoms with Crippen molar-refractivity contribution in [3.05, 3.63) is 69.9 Å². The second kappa shape index (κ2) is 6.57. The van der Waals surface area contributed by atoms with Crippen LogP contribution in [0.3, 0.4) is 0 Å². The molecule has 0 saturated heterocycles. The zero-order chi connectivity index (χ0) is 18.0. The Morgan fingerprint density at radius 3 is 2.44 bits per heavy atom. The van der Waals surface area contributed by atoms with Crippen LogP contribution in [0.15, 0.2) is 42.5 Å². The molecule has 0 spiro atoms. The lowest BCUT2D eigenvalue weighted by molar-refractivity contribution is -0.137. The first-order valence-corrected chi connectivity index (χ1v) is 7.52. The fourth-order valence-corrected chi connectivity index (χ4v) is 2.70. The van der Waals surface area contributed by atoms with Gasteiger partial charge >= 0.3 is 6.18 Å². The van der Waals surface area contributed by atoms with Crippen LogP contribution < -0.4 is 0 Å². The van der Waals surface area contributed by atoms with Crippen molar-refractivity contribution in [3.8, 4) is 17.3 Å². The molecule has 0 bridgehead atoms. The highest BCUT2D eigenvalue weighted by Crippen LogP contribution is 2.30. The molecule has 0 aliphatic carbocycles. The number of nitrogens with zero attached hydrogens (tertiary/aromatic N) is 3. The van der Waals surface area contributed by atoms with E-state index in [4.69, 9.17) is 16.9 Å². The van der Waals surface area contributed by atoms with Crippen molar-refractivity contribution in [2.45, 2.75) is 12.6 Å². The largest absolute Gasteiger partial charge is 0.416 e. The molecule has 0 amide bonds. The van der Waals surface area contributed by atoms with Gasteiger partial charge < -0.3 is 0 Å². The molecule has 0 saturated carbocycles. The number of rotatable bonds is 3. The van der Waals surface area contributed by atoms with Crippen LogP contribution in [0.4, 0.5) is 13.2 Å². The normalized spacial score (nSPS) is 11.3.